The molecule has 0 atom stereocenters. The molecular weight excluding hydrogens is 244 g/mol. The van der Waals surface area contributed by atoms with Crippen LogP contribution in [0.3, 0.4) is 0 Å². The number of carboxylic acid groups (broad SMARTS) is 1. The van der Waals surface area contributed by atoms with Gasteiger partial charge in [-0.25, -0.2) is 0 Å². The van der Waals surface area contributed by atoms with E-state index in [9.17, 15) is 4.79 Å². The van der Waals surface area contributed by atoms with E-state index in [1.165, 1.54) is 0 Å². The third-order valence-corrected chi connectivity index (χ3v) is 2.86. The molecule has 0 saturated carbocycles. The number of hydrogen-bond acceptors (Lipinski definition) is 6. The molecule has 0 aliphatic heterocycles. The summed E-state index contributed by atoms with van der Waals surface area (Å²) in [5.74, 6) is -0.742. The van der Waals surface area contributed by atoms with Gasteiger partial charge < -0.3 is 9.52 Å². The number of carbonyl (C=O) groups is 1. The minimum absolute atomic E-state index is 0.108. The first-order valence-electron chi connectivity index (χ1n) is 4.75. The summed E-state index contributed by atoms with van der Waals surface area (Å²) in [7, 11) is 1.81. The molecule has 0 radical (unpaired) electrons. The van der Waals surface area contributed by atoms with Gasteiger partial charge in [-0.05, 0) is 13.0 Å². The maximum absolute atomic E-state index is 10.4. The van der Waals surface area contributed by atoms with Gasteiger partial charge in [0.15, 0.2) is 0 Å². The van der Waals surface area contributed by atoms with Gasteiger partial charge in [-0.3, -0.25) is 9.48 Å². The van der Waals surface area contributed by atoms with Crippen molar-refractivity contribution in [3.63, 3.8) is 0 Å². The largest absolute Gasteiger partial charge is 0.481 e. The monoisotopic (exact) mass is 254 g/mol. The van der Waals surface area contributed by atoms with Crippen molar-refractivity contribution in [2.45, 2.75) is 12.1 Å². The van der Waals surface area contributed by atoms with Gasteiger partial charge >= 0.3 is 5.97 Å². The quantitative estimate of drug-likeness (QED) is 0.812. The second kappa shape index (κ2) is 4.58. The molecular formula is C9H10N4O3S. The summed E-state index contributed by atoms with van der Waals surface area (Å²) >= 11 is 0.981. The fourth-order valence-electron chi connectivity index (χ4n) is 1.16. The molecule has 0 saturated heterocycles. The number of aryl methyl sites for hydroxylation is 2. The van der Waals surface area contributed by atoms with Gasteiger partial charge in [0, 0.05) is 12.7 Å². The van der Waals surface area contributed by atoms with E-state index in [4.69, 9.17) is 9.52 Å². The second-order valence-corrected chi connectivity index (χ2v) is 4.28. The third kappa shape index (κ3) is 2.64. The molecule has 7 nitrogen and oxygen atoms in total. The van der Waals surface area contributed by atoms with E-state index in [0.29, 0.717) is 11.6 Å². The molecule has 17 heavy (non-hydrogen) atoms. The van der Waals surface area contributed by atoms with Crippen LogP contribution in [0.4, 0.5) is 0 Å². The lowest BCUT2D eigenvalue weighted by atomic mass is 10.4. The number of thioether (sulfide) groups is 1. The van der Waals surface area contributed by atoms with Gasteiger partial charge in [-0.1, -0.05) is 11.8 Å². The number of rotatable bonds is 4. The van der Waals surface area contributed by atoms with Gasteiger partial charge in [0.2, 0.25) is 0 Å². The zero-order valence-corrected chi connectivity index (χ0v) is 10.1. The molecule has 0 amide bonds. The van der Waals surface area contributed by atoms with Crippen molar-refractivity contribution < 1.29 is 14.3 Å². The smallest absolute Gasteiger partial charge is 0.314 e. The number of nitrogens with zero attached hydrogens (tertiary/aromatic N) is 4. The van der Waals surface area contributed by atoms with Crippen LogP contribution >= 0.6 is 11.8 Å². The summed E-state index contributed by atoms with van der Waals surface area (Å²) in [6.45, 7) is 1.91. The molecule has 2 rings (SSSR count). The van der Waals surface area contributed by atoms with Crippen LogP contribution in [-0.4, -0.2) is 36.8 Å². The minimum Gasteiger partial charge on any atom is -0.481 e. The summed E-state index contributed by atoms with van der Waals surface area (Å²) in [6.07, 6.45) is 0. The Kier molecular flexibility index (Phi) is 3.14. The molecule has 2 aromatic rings. The fourth-order valence-corrected chi connectivity index (χ4v) is 1.64. The molecule has 0 fully saturated rings. The van der Waals surface area contributed by atoms with E-state index in [1.54, 1.807) is 4.68 Å². The highest BCUT2D eigenvalue weighted by molar-refractivity contribution is 7.99. The lowest BCUT2D eigenvalue weighted by Crippen LogP contribution is -1.97. The Morgan fingerprint density at radius 1 is 1.59 bits per heavy atom. The molecule has 1 N–H and O–H groups in total. The summed E-state index contributed by atoms with van der Waals surface area (Å²) in [6, 6.07) is 1.82. The van der Waals surface area contributed by atoms with Crippen molar-refractivity contribution in [1.82, 2.24) is 20.0 Å². The minimum atomic E-state index is -0.927. The fraction of sp³-hybridized carbons (Fsp3) is 0.333. The highest BCUT2D eigenvalue weighted by Gasteiger charge is 2.13. The maximum atomic E-state index is 10.4. The molecule has 0 bridgehead atoms. The van der Waals surface area contributed by atoms with Gasteiger partial charge in [-0.2, -0.15) is 5.10 Å². The maximum Gasteiger partial charge on any atom is 0.314 e. The van der Waals surface area contributed by atoms with Crippen LogP contribution in [0.15, 0.2) is 15.7 Å². The lowest BCUT2D eigenvalue weighted by molar-refractivity contribution is -0.133. The SMILES string of the molecule is Cc1cc(-c2nnc(SCC(=O)O)o2)nn1C. The molecule has 0 spiro atoms. The van der Waals surface area contributed by atoms with Crippen LogP contribution in [0.1, 0.15) is 5.69 Å². The summed E-state index contributed by atoms with van der Waals surface area (Å²) < 4.78 is 6.99. The lowest BCUT2D eigenvalue weighted by Gasteiger charge is -1.89. The molecule has 0 aromatic carbocycles. The van der Waals surface area contributed by atoms with Crippen LogP contribution in [0.25, 0.3) is 11.6 Å². The van der Waals surface area contributed by atoms with E-state index in [2.05, 4.69) is 15.3 Å². The van der Waals surface area contributed by atoms with E-state index < -0.39 is 5.97 Å². The Morgan fingerprint density at radius 3 is 2.94 bits per heavy atom. The first kappa shape index (κ1) is 11.6. The molecule has 0 aliphatic carbocycles. The van der Waals surface area contributed by atoms with E-state index in [1.807, 2.05) is 20.0 Å². The van der Waals surface area contributed by atoms with Crippen molar-refractivity contribution in [3.8, 4) is 11.6 Å². The highest BCUT2D eigenvalue weighted by Crippen LogP contribution is 2.22. The first-order chi connectivity index (χ1) is 8.06. The number of carboxylic acids is 1. The van der Waals surface area contributed by atoms with Crippen LogP contribution in [0.5, 0.6) is 0 Å². The van der Waals surface area contributed by atoms with Crippen molar-refractivity contribution >= 4 is 17.7 Å². The summed E-state index contributed by atoms with van der Waals surface area (Å²) in [5, 5.41) is 20.5. The number of aromatic nitrogens is 4. The third-order valence-electron chi connectivity index (χ3n) is 2.06. The average Bonchev–Trinajstić information content (AvgIpc) is 2.84. The topological polar surface area (TPSA) is 94.0 Å². The summed E-state index contributed by atoms with van der Waals surface area (Å²) in [4.78, 5) is 10.4. The van der Waals surface area contributed by atoms with Crippen LogP contribution in [-0.2, 0) is 11.8 Å². The predicted octanol–water partition coefficient (Wildman–Crippen LogP) is 0.955. The van der Waals surface area contributed by atoms with E-state index in [-0.39, 0.29) is 11.0 Å². The number of aliphatic carboxylic acids is 1. The van der Waals surface area contributed by atoms with E-state index >= 15 is 0 Å². The molecule has 8 heteroatoms. The zero-order chi connectivity index (χ0) is 12.4. The van der Waals surface area contributed by atoms with Crippen molar-refractivity contribution in [1.29, 1.82) is 0 Å². The first-order valence-corrected chi connectivity index (χ1v) is 5.74. The van der Waals surface area contributed by atoms with Crippen molar-refractivity contribution in [2.75, 3.05) is 5.75 Å². The van der Waals surface area contributed by atoms with Gasteiger partial charge in [-0.15, -0.1) is 10.2 Å². The predicted molar refractivity (Wildman–Crippen MR) is 59.6 cm³/mol. The van der Waals surface area contributed by atoms with Crippen LogP contribution in [0.2, 0.25) is 0 Å². The van der Waals surface area contributed by atoms with E-state index in [0.717, 1.165) is 17.5 Å². The Balaban J connectivity index is 2.15. The van der Waals surface area contributed by atoms with Gasteiger partial charge in [0.05, 0.1) is 0 Å². The van der Waals surface area contributed by atoms with Crippen LogP contribution < -0.4 is 0 Å². The zero-order valence-electron chi connectivity index (χ0n) is 9.25. The normalized spacial score (nSPS) is 10.7. The number of hydrogen-bond donors (Lipinski definition) is 1. The molecule has 2 aromatic heterocycles. The molecule has 0 unspecified atom stereocenters. The molecule has 2 heterocycles. The Morgan fingerprint density at radius 2 is 2.35 bits per heavy atom. The highest BCUT2D eigenvalue weighted by atomic mass is 32.2. The summed E-state index contributed by atoms with van der Waals surface area (Å²) in [5.41, 5.74) is 1.55. The molecule has 0 aliphatic rings. The Labute approximate surface area is 101 Å². The Hall–Kier alpha value is -1.83. The van der Waals surface area contributed by atoms with Crippen molar-refractivity contribution in [3.05, 3.63) is 11.8 Å². The molecule has 90 valence electrons. The second-order valence-electron chi connectivity index (χ2n) is 3.35. The van der Waals surface area contributed by atoms with Crippen LogP contribution in [0, 0.1) is 6.92 Å². The van der Waals surface area contributed by atoms with Gasteiger partial charge in [0.25, 0.3) is 11.1 Å². The average molecular weight is 254 g/mol. The Bertz CT molecular complexity index is 529. The standard InChI is InChI=1S/C9H10N4O3S/c1-5-3-6(12-13(5)2)8-10-11-9(16-8)17-4-7(14)15/h3H,4H2,1-2H3,(H,14,15). The van der Waals surface area contributed by atoms with Crippen molar-refractivity contribution in [2.24, 2.45) is 7.05 Å². The van der Waals surface area contributed by atoms with Gasteiger partial charge in [0.1, 0.15) is 11.4 Å².